The fraction of sp³-hybridized carbons (Fsp3) is 0.368. The lowest BCUT2D eigenvalue weighted by molar-refractivity contribution is -0.0281. The topological polar surface area (TPSA) is 9.23 Å². The van der Waals surface area contributed by atoms with Crippen molar-refractivity contribution in [3.05, 3.63) is 71.8 Å². The van der Waals surface area contributed by atoms with Gasteiger partial charge in [0.15, 0.2) is 0 Å². The highest BCUT2D eigenvalue weighted by Crippen LogP contribution is 2.37. The Balaban J connectivity index is 2.00. The maximum atomic E-state index is 6.21. The van der Waals surface area contributed by atoms with Crippen molar-refractivity contribution in [1.29, 1.82) is 0 Å². The Labute approximate surface area is 131 Å². The Bertz CT molecular complexity index is 501. The summed E-state index contributed by atoms with van der Waals surface area (Å²) in [5, 5.41) is 0. The molecule has 3 rings (SSSR count). The van der Waals surface area contributed by atoms with E-state index in [-0.39, 0.29) is 12.0 Å². The monoisotopic (exact) mass is 300 g/mol. The summed E-state index contributed by atoms with van der Waals surface area (Å²) in [6, 6.07) is 21.3. The van der Waals surface area contributed by atoms with Crippen molar-refractivity contribution in [3.8, 4) is 0 Å². The molecule has 0 aliphatic carbocycles. The molecule has 1 fully saturated rings. The molecule has 1 nitrogen and oxygen atoms in total. The Kier molecular flexibility index (Phi) is 4.95. The quantitative estimate of drug-likeness (QED) is 0.733. The fourth-order valence-corrected chi connectivity index (χ4v) is 3.62. The van der Waals surface area contributed by atoms with E-state index in [1.54, 1.807) is 0 Å². The summed E-state index contributed by atoms with van der Waals surface area (Å²) < 4.78 is 6.17. The average molecular weight is 301 g/mol. The summed E-state index contributed by atoms with van der Waals surface area (Å²) in [5.74, 6) is 1.35. The summed E-state index contributed by atoms with van der Waals surface area (Å²) in [5.41, 5.74) is 2.62. The van der Waals surface area contributed by atoms with E-state index >= 15 is 0 Å². The van der Waals surface area contributed by atoms with E-state index in [4.69, 9.17) is 16.3 Å². The van der Waals surface area contributed by atoms with E-state index < -0.39 is 0 Å². The summed E-state index contributed by atoms with van der Waals surface area (Å²) >= 11 is 6.21. The lowest BCUT2D eigenvalue weighted by Crippen LogP contribution is -2.36. The lowest BCUT2D eigenvalue weighted by Gasteiger charge is -2.37. The first-order valence-corrected chi connectivity index (χ1v) is 8.21. The second kappa shape index (κ2) is 7.11. The molecular weight excluding hydrogens is 280 g/mol. The second-order valence-electron chi connectivity index (χ2n) is 5.69. The third-order valence-electron chi connectivity index (χ3n) is 4.34. The van der Waals surface area contributed by atoms with Gasteiger partial charge in [-0.3, -0.25) is 0 Å². The van der Waals surface area contributed by atoms with E-state index in [2.05, 4.69) is 60.7 Å². The molecule has 0 radical (unpaired) electrons. The Hall–Kier alpha value is -1.31. The van der Waals surface area contributed by atoms with Crippen LogP contribution in [0.5, 0.6) is 0 Å². The zero-order chi connectivity index (χ0) is 14.5. The number of ether oxygens (including phenoxy) is 1. The molecule has 0 amide bonds. The number of hydrogen-bond acceptors (Lipinski definition) is 1. The first-order chi connectivity index (χ1) is 10.4. The van der Waals surface area contributed by atoms with Gasteiger partial charge in [-0.15, -0.1) is 11.6 Å². The molecule has 21 heavy (non-hydrogen) atoms. The van der Waals surface area contributed by atoms with Gasteiger partial charge in [0, 0.05) is 18.4 Å². The van der Waals surface area contributed by atoms with E-state index in [0.29, 0.717) is 11.8 Å². The van der Waals surface area contributed by atoms with Gasteiger partial charge in [-0.05, 0) is 29.9 Å². The van der Waals surface area contributed by atoms with Crippen LogP contribution in [-0.4, -0.2) is 18.6 Å². The van der Waals surface area contributed by atoms with Crippen LogP contribution in [0, 0.1) is 5.92 Å². The third kappa shape index (κ3) is 3.30. The summed E-state index contributed by atoms with van der Waals surface area (Å²) in [6.07, 6.45) is 2.44. The van der Waals surface area contributed by atoms with Crippen LogP contribution >= 0.6 is 11.6 Å². The number of halogens is 1. The number of hydrogen-bond donors (Lipinski definition) is 0. The minimum atomic E-state index is 0.168. The minimum absolute atomic E-state index is 0.168. The molecule has 1 aliphatic rings. The third-order valence-corrected chi connectivity index (χ3v) is 4.73. The van der Waals surface area contributed by atoms with Crippen LogP contribution in [0.4, 0.5) is 0 Å². The summed E-state index contributed by atoms with van der Waals surface area (Å²) in [4.78, 5) is 0. The molecule has 1 saturated heterocycles. The fourth-order valence-electron chi connectivity index (χ4n) is 3.29. The van der Waals surface area contributed by atoms with Crippen LogP contribution in [0.2, 0.25) is 0 Å². The van der Waals surface area contributed by atoms with Crippen LogP contribution < -0.4 is 0 Å². The molecule has 2 unspecified atom stereocenters. The normalized spacial score (nSPS) is 22.4. The van der Waals surface area contributed by atoms with Crippen molar-refractivity contribution >= 4 is 11.6 Å². The molecule has 1 heterocycles. The Morgan fingerprint density at radius 2 is 1.52 bits per heavy atom. The zero-order valence-electron chi connectivity index (χ0n) is 12.1. The Morgan fingerprint density at radius 1 is 0.952 bits per heavy atom. The van der Waals surface area contributed by atoms with Crippen LogP contribution in [0.25, 0.3) is 0 Å². The van der Waals surface area contributed by atoms with Gasteiger partial charge in [-0.1, -0.05) is 60.7 Å². The predicted octanol–water partition coefficient (Wildman–Crippen LogP) is 4.85. The highest BCUT2D eigenvalue weighted by molar-refractivity contribution is 6.18. The van der Waals surface area contributed by atoms with Crippen molar-refractivity contribution in [1.82, 2.24) is 0 Å². The molecule has 110 valence electrons. The van der Waals surface area contributed by atoms with Crippen LogP contribution in [-0.2, 0) is 4.74 Å². The van der Waals surface area contributed by atoms with Gasteiger partial charge < -0.3 is 4.74 Å². The van der Waals surface area contributed by atoms with Crippen molar-refractivity contribution in [3.63, 3.8) is 0 Å². The maximum absolute atomic E-state index is 6.21. The molecule has 2 aromatic rings. The van der Waals surface area contributed by atoms with Gasteiger partial charge in [0.1, 0.15) is 0 Å². The van der Waals surface area contributed by atoms with E-state index in [1.165, 1.54) is 11.1 Å². The van der Waals surface area contributed by atoms with Gasteiger partial charge in [0.25, 0.3) is 0 Å². The molecule has 2 atom stereocenters. The molecule has 1 aliphatic heterocycles. The SMILES string of the molecule is ClCC1CCCOC1C(c1ccccc1)c1ccccc1. The molecule has 0 spiro atoms. The molecule has 0 N–H and O–H groups in total. The number of rotatable bonds is 4. The summed E-state index contributed by atoms with van der Waals surface area (Å²) in [7, 11) is 0. The van der Waals surface area contributed by atoms with Crippen molar-refractivity contribution in [2.24, 2.45) is 5.92 Å². The van der Waals surface area contributed by atoms with Crippen molar-refractivity contribution < 1.29 is 4.74 Å². The van der Waals surface area contributed by atoms with Crippen LogP contribution in [0.15, 0.2) is 60.7 Å². The van der Waals surface area contributed by atoms with Crippen molar-refractivity contribution in [2.75, 3.05) is 12.5 Å². The van der Waals surface area contributed by atoms with Gasteiger partial charge >= 0.3 is 0 Å². The lowest BCUT2D eigenvalue weighted by atomic mass is 9.79. The highest BCUT2D eigenvalue weighted by atomic mass is 35.5. The smallest absolute Gasteiger partial charge is 0.0723 e. The van der Waals surface area contributed by atoms with Crippen molar-refractivity contribution in [2.45, 2.75) is 24.9 Å². The molecule has 0 saturated carbocycles. The molecular formula is C19H21ClO. The standard InChI is InChI=1S/C19H21ClO/c20-14-17-12-7-13-21-19(17)18(15-8-3-1-4-9-15)16-10-5-2-6-11-16/h1-6,8-11,17-19H,7,12-14H2. The van der Waals surface area contributed by atoms with Gasteiger partial charge in [-0.2, -0.15) is 0 Å². The number of alkyl halides is 1. The highest BCUT2D eigenvalue weighted by Gasteiger charge is 2.34. The maximum Gasteiger partial charge on any atom is 0.0723 e. The molecule has 2 heteroatoms. The largest absolute Gasteiger partial charge is 0.377 e. The van der Waals surface area contributed by atoms with E-state index in [0.717, 1.165) is 19.4 Å². The van der Waals surface area contributed by atoms with Crippen LogP contribution in [0.3, 0.4) is 0 Å². The Morgan fingerprint density at radius 3 is 2.05 bits per heavy atom. The predicted molar refractivity (Wildman–Crippen MR) is 87.9 cm³/mol. The number of benzene rings is 2. The molecule has 0 bridgehead atoms. The van der Waals surface area contributed by atoms with Gasteiger partial charge in [0.05, 0.1) is 6.10 Å². The molecule has 0 aromatic heterocycles. The van der Waals surface area contributed by atoms with Gasteiger partial charge in [0.2, 0.25) is 0 Å². The second-order valence-corrected chi connectivity index (χ2v) is 6.00. The molecule has 2 aromatic carbocycles. The van der Waals surface area contributed by atoms with Gasteiger partial charge in [-0.25, -0.2) is 0 Å². The average Bonchev–Trinajstić information content (AvgIpc) is 2.58. The minimum Gasteiger partial charge on any atom is -0.377 e. The first kappa shape index (κ1) is 14.6. The van der Waals surface area contributed by atoms with E-state index in [9.17, 15) is 0 Å². The summed E-state index contributed by atoms with van der Waals surface area (Å²) in [6.45, 7) is 0.841. The van der Waals surface area contributed by atoms with Crippen LogP contribution in [0.1, 0.15) is 29.9 Å². The van der Waals surface area contributed by atoms with E-state index in [1.807, 2.05) is 0 Å². The zero-order valence-corrected chi connectivity index (χ0v) is 12.9. The first-order valence-electron chi connectivity index (χ1n) is 7.67.